The molecular weight excluding hydrogens is 306 g/mol. The summed E-state index contributed by atoms with van der Waals surface area (Å²) < 4.78 is 0. The van der Waals surface area contributed by atoms with Gasteiger partial charge >= 0.3 is 6.03 Å². The predicted octanol–water partition coefficient (Wildman–Crippen LogP) is 2.47. The summed E-state index contributed by atoms with van der Waals surface area (Å²) >= 11 is 0. The Morgan fingerprint density at radius 2 is 1.92 bits per heavy atom. The predicted molar refractivity (Wildman–Crippen MR) is 92.8 cm³/mol. The molecule has 0 aliphatic carbocycles. The minimum atomic E-state index is -0.622. The van der Waals surface area contributed by atoms with Gasteiger partial charge in [0.25, 0.3) is 5.91 Å². The van der Waals surface area contributed by atoms with Gasteiger partial charge in [0.15, 0.2) is 0 Å². The number of carbonyl (C=O) groups is 3. The number of amides is 4. The van der Waals surface area contributed by atoms with Crippen LogP contribution in [0, 0.1) is 0 Å². The molecular formula is C18H25N3O3. The van der Waals surface area contributed by atoms with E-state index >= 15 is 0 Å². The quantitative estimate of drug-likeness (QED) is 0.814. The van der Waals surface area contributed by atoms with Crippen molar-refractivity contribution < 1.29 is 14.4 Å². The van der Waals surface area contributed by atoms with Crippen molar-refractivity contribution in [3.8, 4) is 0 Å². The number of benzene rings is 1. The molecule has 1 aliphatic rings. The SMILES string of the molecule is CCc1cccc(CC)c1NC(=O)N1CCCC[C@H](NC=O)C1=O. The highest BCUT2D eigenvalue weighted by Gasteiger charge is 2.31. The molecule has 130 valence electrons. The molecule has 2 N–H and O–H groups in total. The molecule has 24 heavy (non-hydrogen) atoms. The lowest BCUT2D eigenvalue weighted by Crippen LogP contribution is -2.49. The Labute approximate surface area is 142 Å². The van der Waals surface area contributed by atoms with Crippen LogP contribution in [0.1, 0.15) is 44.2 Å². The molecule has 1 aliphatic heterocycles. The zero-order valence-electron chi connectivity index (χ0n) is 14.3. The summed E-state index contributed by atoms with van der Waals surface area (Å²) in [5.74, 6) is -0.343. The van der Waals surface area contributed by atoms with Crippen LogP contribution in [-0.4, -0.2) is 35.8 Å². The third-order valence-corrected chi connectivity index (χ3v) is 4.43. The number of likely N-dealkylation sites (tertiary alicyclic amines) is 1. The lowest BCUT2D eigenvalue weighted by molar-refractivity contribution is -0.131. The van der Waals surface area contributed by atoms with Crippen LogP contribution in [0.15, 0.2) is 18.2 Å². The Morgan fingerprint density at radius 1 is 1.25 bits per heavy atom. The van der Waals surface area contributed by atoms with Crippen LogP contribution in [0.25, 0.3) is 0 Å². The Hall–Kier alpha value is -2.37. The van der Waals surface area contributed by atoms with E-state index in [9.17, 15) is 14.4 Å². The van der Waals surface area contributed by atoms with Gasteiger partial charge in [-0.3, -0.25) is 14.5 Å². The van der Waals surface area contributed by atoms with E-state index in [1.807, 2.05) is 32.0 Å². The number of rotatable bonds is 5. The first-order chi connectivity index (χ1) is 11.6. The molecule has 1 fully saturated rings. The molecule has 1 atom stereocenters. The van der Waals surface area contributed by atoms with Crippen LogP contribution in [0.4, 0.5) is 10.5 Å². The molecule has 1 heterocycles. The van der Waals surface area contributed by atoms with Crippen molar-refractivity contribution in [2.75, 3.05) is 11.9 Å². The first kappa shape index (κ1) is 18.0. The molecule has 0 saturated carbocycles. The number of hydrogen-bond donors (Lipinski definition) is 2. The van der Waals surface area contributed by atoms with Gasteiger partial charge in [0.05, 0.1) is 0 Å². The maximum Gasteiger partial charge on any atom is 0.328 e. The van der Waals surface area contributed by atoms with E-state index in [1.54, 1.807) is 0 Å². The number of imide groups is 1. The van der Waals surface area contributed by atoms with Gasteiger partial charge in [-0.2, -0.15) is 0 Å². The molecule has 0 bridgehead atoms. The van der Waals surface area contributed by atoms with Gasteiger partial charge in [-0.15, -0.1) is 0 Å². The zero-order chi connectivity index (χ0) is 17.5. The van der Waals surface area contributed by atoms with E-state index in [4.69, 9.17) is 0 Å². The van der Waals surface area contributed by atoms with Gasteiger partial charge in [0.1, 0.15) is 6.04 Å². The van der Waals surface area contributed by atoms with Crippen molar-refractivity contribution in [3.63, 3.8) is 0 Å². The molecule has 4 amide bonds. The first-order valence-corrected chi connectivity index (χ1v) is 8.55. The van der Waals surface area contributed by atoms with E-state index in [2.05, 4.69) is 10.6 Å². The number of carbonyl (C=O) groups excluding carboxylic acids is 3. The number of urea groups is 1. The number of nitrogens with zero attached hydrogens (tertiary/aromatic N) is 1. The fraction of sp³-hybridized carbons (Fsp3) is 0.500. The molecule has 0 unspecified atom stereocenters. The van der Waals surface area contributed by atoms with Crippen molar-refractivity contribution in [1.29, 1.82) is 0 Å². The standard InChI is InChI=1S/C18H25N3O3/c1-3-13-8-7-9-14(4-2)16(13)20-18(24)21-11-6-5-10-15(17(21)23)19-12-22/h7-9,12,15H,3-6,10-11H2,1-2H3,(H,19,22)(H,20,24)/t15-/m0/s1. The topological polar surface area (TPSA) is 78.5 Å². The van der Waals surface area contributed by atoms with Crippen molar-refractivity contribution in [2.24, 2.45) is 0 Å². The van der Waals surface area contributed by atoms with Crippen molar-refractivity contribution >= 4 is 24.0 Å². The minimum absolute atomic E-state index is 0.343. The molecule has 2 rings (SSSR count). The zero-order valence-corrected chi connectivity index (χ0v) is 14.3. The van der Waals surface area contributed by atoms with Gasteiger partial charge < -0.3 is 10.6 Å². The fourth-order valence-electron chi connectivity index (χ4n) is 3.06. The molecule has 1 aromatic carbocycles. The number of aryl methyl sites for hydroxylation is 2. The molecule has 1 saturated heterocycles. The smallest absolute Gasteiger partial charge is 0.328 e. The Bertz CT molecular complexity index is 593. The van der Waals surface area contributed by atoms with E-state index in [1.165, 1.54) is 4.90 Å². The summed E-state index contributed by atoms with van der Waals surface area (Å²) in [6, 6.07) is 4.90. The van der Waals surface area contributed by atoms with E-state index in [0.29, 0.717) is 19.4 Å². The minimum Gasteiger partial charge on any atom is -0.347 e. The van der Waals surface area contributed by atoms with Gasteiger partial charge in [-0.25, -0.2) is 4.79 Å². The molecule has 6 heteroatoms. The fourth-order valence-corrected chi connectivity index (χ4v) is 3.06. The summed E-state index contributed by atoms with van der Waals surface area (Å²) in [4.78, 5) is 37.1. The van der Waals surface area contributed by atoms with Gasteiger partial charge in [-0.05, 0) is 43.2 Å². The largest absolute Gasteiger partial charge is 0.347 e. The average Bonchev–Trinajstić information content (AvgIpc) is 2.77. The second-order valence-electron chi connectivity index (χ2n) is 5.91. The molecule has 0 radical (unpaired) electrons. The Morgan fingerprint density at radius 3 is 2.50 bits per heavy atom. The van der Waals surface area contributed by atoms with Crippen LogP contribution in [0.5, 0.6) is 0 Å². The normalized spacial score (nSPS) is 18.0. The molecule has 0 spiro atoms. The highest BCUT2D eigenvalue weighted by atomic mass is 16.2. The number of nitrogens with one attached hydrogen (secondary N) is 2. The number of hydrogen-bond acceptors (Lipinski definition) is 3. The number of para-hydroxylation sites is 1. The van der Waals surface area contributed by atoms with E-state index in [-0.39, 0.29) is 5.91 Å². The van der Waals surface area contributed by atoms with Gasteiger partial charge in [0.2, 0.25) is 6.41 Å². The third-order valence-electron chi connectivity index (χ3n) is 4.43. The molecule has 0 aromatic heterocycles. The lowest BCUT2D eigenvalue weighted by atomic mass is 10.0. The maximum atomic E-state index is 12.7. The van der Waals surface area contributed by atoms with Crippen LogP contribution in [0.2, 0.25) is 0 Å². The van der Waals surface area contributed by atoms with E-state index in [0.717, 1.165) is 42.5 Å². The lowest BCUT2D eigenvalue weighted by Gasteiger charge is -2.24. The Balaban J connectivity index is 2.22. The maximum absolute atomic E-state index is 12.7. The summed E-state index contributed by atoms with van der Waals surface area (Å²) in [6.45, 7) is 4.44. The highest BCUT2D eigenvalue weighted by molar-refractivity contribution is 6.04. The second kappa shape index (κ2) is 8.47. The van der Waals surface area contributed by atoms with Crippen molar-refractivity contribution in [2.45, 2.75) is 52.0 Å². The van der Waals surface area contributed by atoms with Gasteiger partial charge in [0, 0.05) is 12.2 Å². The molecule has 6 nitrogen and oxygen atoms in total. The van der Waals surface area contributed by atoms with Crippen LogP contribution >= 0.6 is 0 Å². The second-order valence-corrected chi connectivity index (χ2v) is 5.91. The van der Waals surface area contributed by atoms with Crippen molar-refractivity contribution in [1.82, 2.24) is 10.2 Å². The van der Waals surface area contributed by atoms with Crippen LogP contribution in [0.3, 0.4) is 0 Å². The number of anilines is 1. The van der Waals surface area contributed by atoms with Crippen molar-refractivity contribution in [3.05, 3.63) is 29.3 Å². The first-order valence-electron chi connectivity index (χ1n) is 8.55. The monoisotopic (exact) mass is 331 g/mol. The van der Waals surface area contributed by atoms with Crippen LogP contribution in [-0.2, 0) is 22.4 Å². The van der Waals surface area contributed by atoms with Gasteiger partial charge in [-0.1, -0.05) is 32.0 Å². The summed E-state index contributed by atoms with van der Waals surface area (Å²) in [7, 11) is 0. The third kappa shape index (κ3) is 3.93. The summed E-state index contributed by atoms with van der Waals surface area (Å²) in [5, 5.41) is 5.44. The highest BCUT2D eigenvalue weighted by Crippen LogP contribution is 2.23. The van der Waals surface area contributed by atoms with Crippen LogP contribution < -0.4 is 10.6 Å². The summed E-state index contributed by atoms with van der Waals surface area (Å²) in [6.07, 6.45) is 4.22. The molecule has 1 aromatic rings. The average molecular weight is 331 g/mol. The summed E-state index contributed by atoms with van der Waals surface area (Å²) in [5.41, 5.74) is 2.89. The Kier molecular flexibility index (Phi) is 6.35. The van der Waals surface area contributed by atoms with E-state index < -0.39 is 12.1 Å².